The van der Waals surface area contributed by atoms with Crippen LogP contribution in [0.2, 0.25) is 0 Å². The van der Waals surface area contributed by atoms with Gasteiger partial charge in [-0.3, -0.25) is 9.36 Å². The van der Waals surface area contributed by atoms with Gasteiger partial charge in [0, 0.05) is 6.04 Å². The van der Waals surface area contributed by atoms with Crippen LogP contribution in [0.15, 0.2) is 23.3 Å². The van der Waals surface area contributed by atoms with Gasteiger partial charge in [-0.25, -0.2) is 4.98 Å². The third-order valence-electron chi connectivity index (χ3n) is 4.81. The smallest absolute Gasteiger partial charge is 0.406 e. The first kappa shape index (κ1) is 23.4. The summed E-state index contributed by atoms with van der Waals surface area (Å²) in [4.78, 5) is 16.8. The number of ether oxygens (including phenoxy) is 1. The third-order valence-corrected chi connectivity index (χ3v) is 4.81. The Balaban J connectivity index is 0.00000300. The molecule has 1 saturated heterocycles. The minimum atomic E-state index is -4.87. The number of piperidine rings is 1. The van der Waals surface area contributed by atoms with Crippen molar-refractivity contribution in [2.24, 2.45) is 0 Å². The predicted molar refractivity (Wildman–Crippen MR) is 102 cm³/mol. The number of rotatable bonds is 5. The molecule has 0 radical (unpaired) electrons. The Labute approximate surface area is 170 Å². The van der Waals surface area contributed by atoms with Gasteiger partial charge in [-0.15, -0.1) is 25.6 Å². The van der Waals surface area contributed by atoms with Crippen LogP contribution < -0.4 is 15.6 Å². The van der Waals surface area contributed by atoms with E-state index in [0.717, 1.165) is 29.7 Å². The second-order valence-electron chi connectivity index (χ2n) is 7.05. The van der Waals surface area contributed by atoms with E-state index in [-0.39, 0.29) is 42.3 Å². The quantitative estimate of drug-likeness (QED) is 0.661. The van der Waals surface area contributed by atoms with Crippen LogP contribution in [0.4, 0.5) is 13.2 Å². The first-order valence-corrected chi connectivity index (χ1v) is 8.99. The average molecular weight is 438 g/mol. The van der Waals surface area contributed by atoms with E-state index in [0.29, 0.717) is 12.0 Å². The Morgan fingerprint density at radius 1 is 1.41 bits per heavy atom. The monoisotopic (exact) mass is 437 g/mol. The molecule has 3 atom stereocenters. The lowest BCUT2D eigenvalue weighted by Gasteiger charge is -2.30. The fraction of sp³-hybridized carbons (Fsp3) is 0.556. The molecule has 1 aliphatic heterocycles. The Morgan fingerprint density at radius 2 is 2.14 bits per heavy atom. The minimum Gasteiger partial charge on any atom is -0.406 e. The first-order valence-electron chi connectivity index (χ1n) is 8.99. The van der Waals surface area contributed by atoms with Gasteiger partial charge < -0.3 is 20.3 Å². The van der Waals surface area contributed by atoms with Gasteiger partial charge in [0.25, 0.3) is 5.56 Å². The van der Waals surface area contributed by atoms with Crippen LogP contribution in [0.25, 0.3) is 10.9 Å². The van der Waals surface area contributed by atoms with Crippen LogP contribution in [-0.4, -0.2) is 50.9 Å². The zero-order valence-electron chi connectivity index (χ0n) is 15.6. The van der Waals surface area contributed by atoms with Crippen molar-refractivity contribution in [2.75, 3.05) is 6.54 Å². The highest BCUT2D eigenvalue weighted by Gasteiger charge is 2.31. The molecule has 3 rings (SSSR count). The minimum absolute atomic E-state index is 0. The van der Waals surface area contributed by atoms with Gasteiger partial charge in [0.2, 0.25) is 0 Å². The predicted octanol–water partition coefficient (Wildman–Crippen LogP) is 1.89. The number of aliphatic hydroxyl groups is 2. The zero-order chi connectivity index (χ0) is 20.5. The molecule has 1 aromatic heterocycles. The zero-order valence-corrected chi connectivity index (χ0v) is 16.5. The Hall–Kier alpha value is -1.88. The first-order chi connectivity index (χ1) is 13.1. The van der Waals surface area contributed by atoms with Crippen LogP contribution in [0.5, 0.6) is 5.75 Å². The highest BCUT2D eigenvalue weighted by atomic mass is 35.5. The van der Waals surface area contributed by atoms with Gasteiger partial charge in [0.05, 0.1) is 36.0 Å². The maximum absolute atomic E-state index is 12.7. The second-order valence-corrected chi connectivity index (χ2v) is 7.05. The summed E-state index contributed by atoms with van der Waals surface area (Å²) in [5.41, 5.74) is 0.0719. The highest BCUT2D eigenvalue weighted by molar-refractivity contribution is 5.85. The number of aromatic nitrogens is 2. The molecule has 0 amide bonds. The van der Waals surface area contributed by atoms with E-state index in [1.165, 1.54) is 13.3 Å². The average Bonchev–Trinajstić information content (AvgIpc) is 2.58. The molecule has 0 unspecified atom stereocenters. The van der Waals surface area contributed by atoms with Gasteiger partial charge in [-0.1, -0.05) is 0 Å². The number of aryl methyl sites for hydroxylation is 1. The third kappa shape index (κ3) is 5.81. The summed E-state index contributed by atoms with van der Waals surface area (Å²) in [7, 11) is 0. The number of fused-ring (bicyclic) bond motifs is 1. The SMILES string of the molecule is Cc1cc(OC(F)(F)F)cc2c(=O)n(C[C@@H](O)C[C@H]3NCCC[C@@H]3O)cnc12.Cl. The number of halogens is 4. The van der Waals surface area contributed by atoms with E-state index < -0.39 is 29.9 Å². The summed E-state index contributed by atoms with van der Waals surface area (Å²) >= 11 is 0. The van der Waals surface area contributed by atoms with Crippen molar-refractivity contribution in [1.82, 2.24) is 14.9 Å². The molecule has 1 aromatic carbocycles. The van der Waals surface area contributed by atoms with Crippen molar-refractivity contribution in [3.63, 3.8) is 0 Å². The molecule has 3 N–H and O–H groups in total. The fourth-order valence-corrected chi connectivity index (χ4v) is 3.51. The van der Waals surface area contributed by atoms with Crippen LogP contribution in [0.3, 0.4) is 0 Å². The van der Waals surface area contributed by atoms with E-state index in [4.69, 9.17) is 0 Å². The van der Waals surface area contributed by atoms with E-state index in [9.17, 15) is 28.2 Å². The van der Waals surface area contributed by atoms with E-state index in [1.54, 1.807) is 0 Å². The molecule has 1 aliphatic rings. The molecule has 2 heterocycles. The standard InChI is InChI=1S/C18H22F3N3O4.ClH/c1-10-5-12(28-18(19,20)21)7-13-16(10)23-9-24(17(13)27)8-11(25)6-14-15(26)3-2-4-22-14;/h5,7,9,11,14-15,22,25-26H,2-4,6,8H2,1H3;1H/t11-,14+,15-;/m0./s1. The normalized spacial score (nSPS) is 20.9. The second kappa shape index (κ2) is 9.29. The van der Waals surface area contributed by atoms with Gasteiger partial charge in [-0.05, 0) is 50.4 Å². The van der Waals surface area contributed by atoms with Crippen LogP contribution >= 0.6 is 12.4 Å². The molecule has 29 heavy (non-hydrogen) atoms. The molecule has 11 heteroatoms. The molecule has 0 aliphatic carbocycles. The highest BCUT2D eigenvalue weighted by Crippen LogP contribution is 2.27. The lowest BCUT2D eigenvalue weighted by molar-refractivity contribution is -0.274. The number of aliphatic hydroxyl groups excluding tert-OH is 2. The maximum atomic E-state index is 12.7. The summed E-state index contributed by atoms with van der Waals surface area (Å²) in [6, 6.07) is 1.89. The van der Waals surface area contributed by atoms with E-state index in [1.807, 2.05) is 0 Å². The summed E-state index contributed by atoms with van der Waals surface area (Å²) in [6.07, 6.45) is -3.38. The number of alkyl halides is 3. The molecule has 0 bridgehead atoms. The number of hydrogen-bond donors (Lipinski definition) is 3. The lowest BCUT2D eigenvalue weighted by atomic mass is 9.96. The molecular formula is C18H23ClF3N3O4. The maximum Gasteiger partial charge on any atom is 0.573 e. The summed E-state index contributed by atoms with van der Waals surface area (Å²) in [5, 5.41) is 23.4. The topological polar surface area (TPSA) is 96.6 Å². The van der Waals surface area contributed by atoms with Crippen molar-refractivity contribution >= 4 is 23.3 Å². The Bertz CT molecular complexity index is 906. The molecular weight excluding hydrogens is 415 g/mol. The summed E-state index contributed by atoms with van der Waals surface area (Å²) in [6.45, 7) is 2.19. The summed E-state index contributed by atoms with van der Waals surface area (Å²) in [5.74, 6) is -0.496. The molecule has 1 fully saturated rings. The fourth-order valence-electron chi connectivity index (χ4n) is 3.51. The van der Waals surface area contributed by atoms with Crippen LogP contribution in [-0.2, 0) is 6.54 Å². The van der Waals surface area contributed by atoms with Crippen molar-refractivity contribution < 1.29 is 28.1 Å². The Morgan fingerprint density at radius 3 is 2.79 bits per heavy atom. The molecule has 0 saturated carbocycles. The number of benzene rings is 1. The van der Waals surface area contributed by atoms with Crippen molar-refractivity contribution in [3.05, 3.63) is 34.4 Å². The number of nitrogens with one attached hydrogen (secondary N) is 1. The van der Waals surface area contributed by atoms with Crippen LogP contribution in [0, 0.1) is 6.92 Å². The number of nitrogens with zero attached hydrogens (tertiary/aromatic N) is 2. The van der Waals surface area contributed by atoms with E-state index >= 15 is 0 Å². The van der Waals surface area contributed by atoms with Crippen LogP contribution in [0.1, 0.15) is 24.8 Å². The van der Waals surface area contributed by atoms with Crippen molar-refractivity contribution in [1.29, 1.82) is 0 Å². The lowest BCUT2D eigenvalue weighted by Crippen LogP contribution is -2.47. The largest absolute Gasteiger partial charge is 0.573 e. The van der Waals surface area contributed by atoms with E-state index in [2.05, 4.69) is 15.0 Å². The Kier molecular flexibility index (Phi) is 7.50. The van der Waals surface area contributed by atoms with Gasteiger partial charge in [0.15, 0.2) is 0 Å². The van der Waals surface area contributed by atoms with Crippen molar-refractivity contribution in [3.8, 4) is 5.75 Å². The molecule has 7 nitrogen and oxygen atoms in total. The summed E-state index contributed by atoms with van der Waals surface area (Å²) < 4.78 is 42.6. The molecule has 2 aromatic rings. The van der Waals surface area contributed by atoms with Crippen molar-refractivity contribution in [2.45, 2.75) is 57.3 Å². The molecule has 0 spiro atoms. The number of hydrogen-bond acceptors (Lipinski definition) is 6. The molecule has 162 valence electrons. The van der Waals surface area contributed by atoms with Gasteiger partial charge >= 0.3 is 6.36 Å². The van der Waals surface area contributed by atoms with Gasteiger partial charge in [0.1, 0.15) is 5.75 Å². The van der Waals surface area contributed by atoms with Gasteiger partial charge in [-0.2, -0.15) is 0 Å².